The van der Waals surface area contributed by atoms with Crippen molar-refractivity contribution >= 4 is 11.3 Å². The summed E-state index contributed by atoms with van der Waals surface area (Å²) in [6.45, 7) is 7.62. The van der Waals surface area contributed by atoms with Gasteiger partial charge in [0.25, 0.3) is 0 Å². The Morgan fingerprint density at radius 2 is 2.25 bits per heavy atom. The van der Waals surface area contributed by atoms with Crippen molar-refractivity contribution in [2.45, 2.75) is 39.2 Å². The Morgan fingerprint density at radius 3 is 2.90 bits per heavy atom. The third-order valence-corrected chi connectivity index (χ3v) is 5.28. The minimum Gasteiger partial charge on any atom is -0.298 e. The van der Waals surface area contributed by atoms with Gasteiger partial charge in [0.2, 0.25) is 0 Å². The maximum absolute atomic E-state index is 4.52. The molecule has 0 N–H and O–H groups in total. The van der Waals surface area contributed by atoms with Crippen molar-refractivity contribution in [2.24, 2.45) is 7.05 Å². The molecule has 0 bridgehead atoms. The standard InChI is InChI=1S/C15H22N4S/c1-11-14(12(2)18(3)17-11)10-19-7-4-5-13(9-19)15-16-6-8-20-15/h6,8,13H,4-5,7,9-10H2,1-3H3/t13-/m0/s1. The van der Waals surface area contributed by atoms with Crippen LogP contribution in [0.3, 0.4) is 0 Å². The maximum atomic E-state index is 4.52. The molecule has 1 aliphatic rings. The zero-order valence-electron chi connectivity index (χ0n) is 12.5. The molecule has 2 aromatic rings. The zero-order valence-corrected chi connectivity index (χ0v) is 13.3. The van der Waals surface area contributed by atoms with E-state index in [1.807, 2.05) is 17.9 Å². The van der Waals surface area contributed by atoms with E-state index in [1.165, 1.54) is 41.3 Å². The van der Waals surface area contributed by atoms with E-state index in [1.54, 1.807) is 11.3 Å². The highest BCUT2D eigenvalue weighted by Gasteiger charge is 2.24. The quantitative estimate of drug-likeness (QED) is 0.871. The Morgan fingerprint density at radius 1 is 1.40 bits per heavy atom. The molecule has 5 heteroatoms. The largest absolute Gasteiger partial charge is 0.298 e. The number of aryl methyl sites for hydroxylation is 2. The van der Waals surface area contributed by atoms with Crippen molar-refractivity contribution in [3.05, 3.63) is 33.5 Å². The molecule has 0 radical (unpaired) electrons. The number of nitrogens with zero attached hydrogens (tertiary/aromatic N) is 4. The molecule has 0 aliphatic carbocycles. The van der Waals surface area contributed by atoms with Crippen LogP contribution in [0.25, 0.3) is 0 Å². The number of likely N-dealkylation sites (tertiary alicyclic amines) is 1. The summed E-state index contributed by atoms with van der Waals surface area (Å²) in [5.74, 6) is 0.612. The van der Waals surface area contributed by atoms with E-state index >= 15 is 0 Å². The molecule has 2 aromatic heterocycles. The predicted molar refractivity (Wildman–Crippen MR) is 82.0 cm³/mol. The summed E-state index contributed by atoms with van der Waals surface area (Å²) in [5, 5.41) is 7.91. The Kier molecular flexibility index (Phi) is 3.89. The first-order valence-corrected chi connectivity index (χ1v) is 8.14. The second-order valence-electron chi connectivity index (χ2n) is 5.72. The lowest BCUT2D eigenvalue weighted by atomic mass is 9.98. The summed E-state index contributed by atoms with van der Waals surface area (Å²) in [6.07, 6.45) is 4.46. The first-order chi connectivity index (χ1) is 9.65. The molecular weight excluding hydrogens is 268 g/mol. The molecule has 1 aliphatic heterocycles. The third kappa shape index (κ3) is 2.65. The van der Waals surface area contributed by atoms with Crippen LogP contribution >= 0.6 is 11.3 Å². The Bertz CT molecular complexity index is 573. The molecule has 1 fully saturated rings. The molecular formula is C15H22N4S. The number of hydrogen-bond donors (Lipinski definition) is 0. The van der Waals surface area contributed by atoms with Crippen LogP contribution in [0.1, 0.15) is 40.7 Å². The van der Waals surface area contributed by atoms with E-state index in [2.05, 4.69) is 34.2 Å². The van der Waals surface area contributed by atoms with Crippen LogP contribution in [-0.4, -0.2) is 32.8 Å². The second kappa shape index (κ2) is 5.66. The summed E-state index contributed by atoms with van der Waals surface area (Å²) < 4.78 is 1.99. The number of hydrogen-bond acceptors (Lipinski definition) is 4. The van der Waals surface area contributed by atoms with Gasteiger partial charge in [0.1, 0.15) is 0 Å². The van der Waals surface area contributed by atoms with Gasteiger partial charge in [0.05, 0.1) is 10.7 Å². The maximum Gasteiger partial charge on any atom is 0.0968 e. The van der Waals surface area contributed by atoms with Crippen molar-refractivity contribution in [2.75, 3.05) is 13.1 Å². The van der Waals surface area contributed by atoms with Gasteiger partial charge in [-0.15, -0.1) is 11.3 Å². The number of rotatable bonds is 3. The van der Waals surface area contributed by atoms with E-state index in [0.717, 1.165) is 13.1 Å². The normalized spacial score (nSPS) is 20.4. The lowest BCUT2D eigenvalue weighted by Gasteiger charge is -2.31. The average molecular weight is 290 g/mol. The van der Waals surface area contributed by atoms with Gasteiger partial charge in [-0.2, -0.15) is 5.10 Å². The lowest BCUT2D eigenvalue weighted by molar-refractivity contribution is 0.199. The first-order valence-electron chi connectivity index (χ1n) is 7.26. The van der Waals surface area contributed by atoms with E-state index in [0.29, 0.717) is 5.92 Å². The van der Waals surface area contributed by atoms with Crippen LogP contribution in [0.5, 0.6) is 0 Å². The predicted octanol–water partition coefficient (Wildman–Crippen LogP) is 2.87. The fourth-order valence-corrected chi connectivity index (χ4v) is 3.87. The molecule has 0 saturated carbocycles. The topological polar surface area (TPSA) is 34.0 Å². The number of aromatic nitrogens is 3. The van der Waals surface area contributed by atoms with Crippen molar-refractivity contribution in [3.8, 4) is 0 Å². The van der Waals surface area contributed by atoms with Gasteiger partial charge in [-0.1, -0.05) is 0 Å². The highest BCUT2D eigenvalue weighted by atomic mass is 32.1. The summed E-state index contributed by atoms with van der Waals surface area (Å²) in [6, 6.07) is 0. The fraction of sp³-hybridized carbons (Fsp3) is 0.600. The smallest absolute Gasteiger partial charge is 0.0968 e. The van der Waals surface area contributed by atoms with Gasteiger partial charge in [0, 0.05) is 48.9 Å². The van der Waals surface area contributed by atoms with Crippen LogP contribution in [0, 0.1) is 13.8 Å². The van der Waals surface area contributed by atoms with E-state index in [9.17, 15) is 0 Å². The second-order valence-corrected chi connectivity index (χ2v) is 6.64. The van der Waals surface area contributed by atoms with Gasteiger partial charge < -0.3 is 0 Å². The Balaban J connectivity index is 1.71. The van der Waals surface area contributed by atoms with E-state index in [-0.39, 0.29) is 0 Å². The molecule has 1 saturated heterocycles. The number of piperidine rings is 1. The van der Waals surface area contributed by atoms with Crippen molar-refractivity contribution in [1.29, 1.82) is 0 Å². The highest BCUT2D eigenvalue weighted by Crippen LogP contribution is 2.29. The van der Waals surface area contributed by atoms with Gasteiger partial charge in [-0.05, 0) is 33.2 Å². The fourth-order valence-electron chi connectivity index (χ4n) is 3.11. The van der Waals surface area contributed by atoms with E-state index in [4.69, 9.17) is 0 Å². The minimum atomic E-state index is 0.612. The summed E-state index contributed by atoms with van der Waals surface area (Å²) in [4.78, 5) is 7.06. The SMILES string of the molecule is Cc1nn(C)c(C)c1CN1CCC[C@H](c2nccs2)C1. The molecule has 1 atom stereocenters. The van der Waals surface area contributed by atoms with Crippen LogP contribution in [0.15, 0.2) is 11.6 Å². The van der Waals surface area contributed by atoms with E-state index < -0.39 is 0 Å². The van der Waals surface area contributed by atoms with Crippen molar-refractivity contribution in [1.82, 2.24) is 19.7 Å². The molecule has 0 amide bonds. The van der Waals surface area contributed by atoms with Crippen molar-refractivity contribution < 1.29 is 0 Å². The van der Waals surface area contributed by atoms with Gasteiger partial charge >= 0.3 is 0 Å². The molecule has 108 valence electrons. The Hall–Kier alpha value is -1.20. The molecule has 4 nitrogen and oxygen atoms in total. The molecule has 20 heavy (non-hydrogen) atoms. The summed E-state index contributed by atoms with van der Waals surface area (Å²) in [5.41, 5.74) is 3.85. The third-order valence-electron chi connectivity index (χ3n) is 4.35. The van der Waals surface area contributed by atoms with Gasteiger partial charge in [-0.25, -0.2) is 4.98 Å². The van der Waals surface area contributed by atoms with Crippen molar-refractivity contribution in [3.63, 3.8) is 0 Å². The Labute approximate surface area is 124 Å². The van der Waals surface area contributed by atoms with Crippen LogP contribution in [0.4, 0.5) is 0 Å². The molecule has 0 spiro atoms. The summed E-state index contributed by atoms with van der Waals surface area (Å²) >= 11 is 1.79. The number of thiazole rings is 1. The molecule has 0 unspecified atom stereocenters. The monoisotopic (exact) mass is 290 g/mol. The summed E-state index contributed by atoms with van der Waals surface area (Å²) in [7, 11) is 2.03. The lowest BCUT2D eigenvalue weighted by Crippen LogP contribution is -2.34. The van der Waals surface area contributed by atoms with Crippen LogP contribution in [0.2, 0.25) is 0 Å². The molecule has 0 aromatic carbocycles. The highest BCUT2D eigenvalue weighted by molar-refractivity contribution is 7.09. The van der Waals surface area contributed by atoms with Gasteiger partial charge in [0.15, 0.2) is 0 Å². The minimum absolute atomic E-state index is 0.612. The first kappa shape index (κ1) is 13.8. The van der Waals surface area contributed by atoms with Crippen LogP contribution < -0.4 is 0 Å². The molecule has 3 rings (SSSR count). The molecule has 3 heterocycles. The van der Waals surface area contributed by atoms with Crippen LogP contribution in [-0.2, 0) is 13.6 Å². The van der Waals surface area contributed by atoms with Gasteiger partial charge in [-0.3, -0.25) is 9.58 Å². The zero-order chi connectivity index (χ0) is 14.1. The average Bonchev–Trinajstić information content (AvgIpc) is 3.05.